The van der Waals surface area contributed by atoms with Gasteiger partial charge in [0.15, 0.2) is 4.34 Å². The van der Waals surface area contributed by atoms with Crippen LogP contribution in [0.15, 0.2) is 39.2 Å². The van der Waals surface area contributed by atoms with Crippen molar-refractivity contribution in [3.05, 3.63) is 40.9 Å². The van der Waals surface area contributed by atoms with Gasteiger partial charge in [-0.3, -0.25) is 10.1 Å². The highest BCUT2D eigenvalue weighted by Crippen LogP contribution is 2.24. The maximum absolute atomic E-state index is 11.9. The summed E-state index contributed by atoms with van der Waals surface area (Å²) in [7, 11) is 0. The first-order chi connectivity index (χ1) is 11.1. The molecule has 0 radical (unpaired) electrons. The largest absolute Gasteiger partial charge is 0.338 e. The number of nitrogens with zero attached hydrogens (tertiary/aromatic N) is 3. The summed E-state index contributed by atoms with van der Waals surface area (Å²) >= 11 is 2.81. The van der Waals surface area contributed by atoms with Gasteiger partial charge in [-0.1, -0.05) is 58.1 Å². The van der Waals surface area contributed by atoms with Gasteiger partial charge in [-0.15, -0.1) is 10.2 Å². The number of nitrogens with one attached hydrogen (secondary N) is 1. The Hall–Kier alpha value is -2.19. The number of carbonyl (C=O) groups is 1. The van der Waals surface area contributed by atoms with E-state index in [9.17, 15) is 4.79 Å². The Morgan fingerprint density at radius 3 is 2.74 bits per heavy atom. The van der Waals surface area contributed by atoms with Crippen molar-refractivity contribution < 1.29 is 9.32 Å². The predicted molar refractivity (Wildman–Crippen MR) is 90.7 cm³/mol. The van der Waals surface area contributed by atoms with E-state index in [-0.39, 0.29) is 11.7 Å². The van der Waals surface area contributed by atoms with Crippen molar-refractivity contribution in [1.82, 2.24) is 15.4 Å². The number of aromatic nitrogens is 3. The minimum Gasteiger partial charge on any atom is -0.338 e. The first kappa shape index (κ1) is 15.7. The van der Waals surface area contributed by atoms with Crippen LogP contribution >= 0.6 is 23.1 Å². The van der Waals surface area contributed by atoms with E-state index in [1.165, 1.54) is 28.7 Å². The first-order valence-corrected chi connectivity index (χ1v) is 8.67. The molecule has 0 bridgehead atoms. The van der Waals surface area contributed by atoms with E-state index in [0.717, 1.165) is 14.9 Å². The molecule has 0 saturated carbocycles. The average molecular weight is 346 g/mol. The van der Waals surface area contributed by atoms with Crippen LogP contribution in [0.1, 0.15) is 10.6 Å². The lowest BCUT2D eigenvalue weighted by atomic mass is 10.1. The third-order valence-electron chi connectivity index (χ3n) is 2.95. The fourth-order valence-electron chi connectivity index (χ4n) is 1.83. The van der Waals surface area contributed by atoms with Gasteiger partial charge in [-0.2, -0.15) is 0 Å². The van der Waals surface area contributed by atoms with Crippen LogP contribution in [0.4, 0.5) is 5.88 Å². The lowest BCUT2D eigenvalue weighted by Crippen LogP contribution is -2.13. The summed E-state index contributed by atoms with van der Waals surface area (Å²) in [5.74, 6) is 0.406. The molecule has 0 aliphatic rings. The maximum Gasteiger partial charge on any atom is 0.237 e. The van der Waals surface area contributed by atoms with Gasteiger partial charge >= 0.3 is 0 Å². The second-order valence-electron chi connectivity index (χ2n) is 4.87. The number of benzene rings is 1. The summed E-state index contributed by atoms with van der Waals surface area (Å²) in [4.78, 5) is 11.9. The standard InChI is InChI=1S/C15H14N4O2S2/c1-9-3-5-11(6-4-9)12-7-14(21-19-12)16-13(20)8-22-15-18-17-10(2)23-15/h3-7H,8H2,1-2H3,(H,16,20). The normalized spacial score (nSPS) is 10.7. The SMILES string of the molecule is Cc1ccc(-c2cc(NC(=O)CSc3nnc(C)s3)on2)cc1. The average Bonchev–Trinajstić information content (AvgIpc) is 3.15. The summed E-state index contributed by atoms with van der Waals surface area (Å²) in [6, 6.07) is 9.65. The van der Waals surface area contributed by atoms with E-state index in [0.29, 0.717) is 11.6 Å². The number of aryl methyl sites for hydroxylation is 2. The van der Waals surface area contributed by atoms with Crippen molar-refractivity contribution in [2.45, 2.75) is 18.2 Å². The quantitative estimate of drug-likeness (QED) is 0.712. The summed E-state index contributed by atoms with van der Waals surface area (Å²) in [5.41, 5.74) is 2.81. The Labute approximate surface area is 141 Å². The Kier molecular flexibility index (Phi) is 4.73. The molecule has 3 aromatic rings. The summed E-state index contributed by atoms with van der Waals surface area (Å²) in [6.07, 6.45) is 0. The monoisotopic (exact) mass is 346 g/mol. The Bertz CT molecular complexity index is 811. The summed E-state index contributed by atoms with van der Waals surface area (Å²) in [6.45, 7) is 3.90. The van der Waals surface area contributed by atoms with Gasteiger partial charge in [-0.25, -0.2) is 0 Å². The summed E-state index contributed by atoms with van der Waals surface area (Å²) < 4.78 is 5.93. The minimum absolute atomic E-state index is 0.172. The van der Waals surface area contributed by atoms with Crippen molar-refractivity contribution in [1.29, 1.82) is 0 Å². The number of thioether (sulfide) groups is 1. The molecule has 1 amide bonds. The Balaban J connectivity index is 1.58. The highest BCUT2D eigenvalue weighted by atomic mass is 32.2. The molecule has 1 aromatic carbocycles. The molecule has 0 aliphatic carbocycles. The van der Waals surface area contributed by atoms with Crippen molar-refractivity contribution in [2.75, 3.05) is 11.1 Å². The molecule has 118 valence electrons. The molecule has 2 heterocycles. The number of amides is 1. The van der Waals surface area contributed by atoms with E-state index in [1.54, 1.807) is 6.07 Å². The third-order valence-corrected chi connectivity index (χ3v) is 4.93. The zero-order valence-electron chi connectivity index (χ0n) is 12.6. The highest BCUT2D eigenvalue weighted by molar-refractivity contribution is 8.01. The molecule has 0 unspecified atom stereocenters. The van der Waals surface area contributed by atoms with E-state index >= 15 is 0 Å². The van der Waals surface area contributed by atoms with Crippen LogP contribution in [-0.2, 0) is 4.79 Å². The molecule has 0 fully saturated rings. The van der Waals surface area contributed by atoms with Gasteiger partial charge in [0.25, 0.3) is 0 Å². The van der Waals surface area contributed by atoms with E-state index < -0.39 is 0 Å². The number of anilines is 1. The predicted octanol–water partition coefficient (Wildman–Crippen LogP) is 3.54. The Morgan fingerprint density at radius 2 is 2.04 bits per heavy atom. The fraction of sp³-hybridized carbons (Fsp3) is 0.200. The fourth-order valence-corrected chi connectivity index (χ4v) is 3.45. The first-order valence-electron chi connectivity index (χ1n) is 6.86. The van der Waals surface area contributed by atoms with Gasteiger partial charge in [-0.05, 0) is 13.8 Å². The van der Waals surface area contributed by atoms with Crippen molar-refractivity contribution >= 4 is 34.9 Å². The topological polar surface area (TPSA) is 80.9 Å². The molecule has 0 saturated heterocycles. The highest BCUT2D eigenvalue weighted by Gasteiger charge is 2.11. The zero-order valence-corrected chi connectivity index (χ0v) is 14.2. The molecule has 1 N–H and O–H groups in total. The molecule has 0 aliphatic heterocycles. The van der Waals surface area contributed by atoms with Crippen LogP contribution < -0.4 is 5.32 Å². The van der Waals surface area contributed by atoms with E-state index in [1.807, 2.05) is 38.1 Å². The number of hydrogen-bond acceptors (Lipinski definition) is 7. The van der Waals surface area contributed by atoms with Gasteiger partial charge in [0.2, 0.25) is 11.8 Å². The van der Waals surface area contributed by atoms with E-state index in [2.05, 4.69) is 20.7 Å². The molecule has 0 atom stereocenters. The second kappa shape index (κ2) is 6.93. The van der Waals surface area contributed by atoms with Crippen LogP contribution in [0, 0.1) is 13.8 Å². The van der Waals surface area contributed by atoms with Crippen molar-refractivity contribution in [3.63, 3.8) is 0 Å². The van der Waals surface area contributed by atoms with Crippen LogP contribution in [0.3, 0.4) is 0 Å². The van der Waals surface area contributed by atoms with Crippen LogP contribution in [0.25, 0.3) is 11.3 Å². The molecule has 2 aromatic heterocycles. The third kappa shape index (κ3) is 4.17. The molecule has 8 heteroatoms. The van der Waals surface area contributed by atoms with E-state index in [4.69, 9.17) is 4.52 Å². The number of rotatable bonds is 5. The van der Waals surface area contributed by atoms with Crippen LogP contribution in [0.2, 0.25) is 0 Å². The van der Waals surface area contributed by atoms with Crippen LogP contribution in [0.5, 0.6) is 0 Å². The maximum atomic E-state index is 11.9. The molecular weight excluding hydrogens is 332 g/mol. The smallest absolute Gasteiger partial charge is 0.237 e. The molecule has 6 nitrogen and oxygen atoms in total. The molecular formula is C15H14N4O2S2. The van der Waals surface area contributed by atoms with Crippen molar-refractivity contribution in [3.8, 4) is 11.3 Å². The zero-order chi connectivity index (χ0) is 16.2. The van der Waals surface area contributed by atoms with Gasteiger partial charge < -0.3 is 4.52 Å². The summed E-state index contributed by atoms with van der Waals surface area (Å²) in [5, 5.41) is 15.4. The Morgan fingerprint density at radius 1 is 1.26 bits per heavy atom. The van der Waals surface area contributed by atoms with Crippen LogP contribution in [-0.4, -0.2) is 27.0 Å². The molecule has 0 spiro atoms. The van der Waals surface area contributed by atoms with Gasteiger partial charge in [0.1, 0.15) is 10.7 Å². The van der Waals surface area contributed by atoms with Gasteiger partial charge in [0.05, 0.1) is 5.75 Å². The van der Waals surface area contributed by atoms with Gasteiger partial charge in [0, 0.05) is 11.6 Å². The molecule has 23 heavy (non-hydrogen) atoms. The molecule has 3 rings (SSSR count). The number of carbonyl (C=O) groups excluding carboxylic acids is 1. The number of hydrogen-bond donors (Lipinski definition) is 1. The lowest BCUT2D eigenvalue weighted by Gasteiger charge is -1.98. The minimum atomic E-state index is -0.172. The van der Waals surface area contributed by atoms with Crippen molar-refractivity contribution in [2.24, 2.45) is 0 Å². The second-order valence-corrected chi connectivity index (χ2v) is 7.27. The lowest BCUT2D eigenvalue weighted by molar-refractivity contribution is -0.113.